The molecule has 0 radical (unpaired) electrons. The van der Waals surface area contributed by atoms with Crippen LogP contribution >= 0.6 is 15.9 Å². The molecule has 182 valence electrons. The number of amides is 3. The lowest BCUT2D eigenvalue weighted by atomic mass is 10.1. The van der Waals surface area contributed by atoms with Gasteiger partial charge in [-0.25, -0.2) is 4.79 Å². The van der Waals surface area contributed by atoms with Crippen LogP contribution in [0.3, 0.4) is 0 Å². The molecule has 0 aliphatic heterocycles. The van der Waals surface area contributed by atoms with Crippen molar-refractivity contribution in [2.24, 2.45) is 0 Å². The van der Waals surface area contributed by atoms with Crippen LogP contribution in [0.15, 0.2) is 71.2 Å². The first kappa shape index (κ1) is 26.0. The van der Waals surface area contributed by atoms with Crippen molar-refractivity contribution in [2.75, 3.05) is 10.6 Å². The topological polar surface area (TPSA) is 96.5 Å². The number of anilines is 2. The van der Waals surface area contributed by atoms with E-state index in [9.17, 15) is 14.4 Å². The van der Waals surface area contributed by atoms with Crippen molar-refractivity contribution in [2.45, 2.75) is 39.8 Å². The van der Waals surface area contributed by atoms with Crippen LogP contribution < -0.4 is 16.0 Å². The summed E-state index contributed by atoms with van der Waals surface area (Å²) in [5.74, 6) is -0.547. The normalized spacial score (nSPS) is 10.9. The molecular weight excluding hydrogens is 510 g/mol. The standard InChI is InChI=1S/C27H28BrN3O4/c1-17-15-22(13-14-23(17)28)31-25(33)20-9-7-19(8-10-20)24(32)30-21-11-5-18(6-12-21)16-29-26(34)35-27(2,3)4/h5-15H,16H2,1-4H3,(H,29,34)(H,30,32)(H,31,33). The van der Waals surface area contributed by atoms with E-state index in [2.05, 4.69) is 31.9 Å². The molecule has 0 saturated carbocycles. The number of hydrogen-bond donors (Lipinski definition) is 3. The molecular formula is C27H28BrN3O4. The molecule has 0 aliphatic rings. The van der Waals surface area contributed by atoms with Crippen LogP contribution in [0.25, 0.3) is 0 Å². The maximum Gasteiger partial charge on any atom is 0.407 e. The summed E-state index contributed by atoms with van der Waals surface area (Å²) in [5, 5.41) is 8.37. The zero-order chi connectivity index (χ0) is 25.6. The van der Waals surface area contributed by atoms with Gasteiger partial charge in [0.2, 0.25) is 0 Å². The number of halogens is 1. The summed E-state index contributed by atoms with van der Waals surface area (Å²) < 4.78 is 6.18. The van der Waals surface area contributed by atoms with Gasteiger partial charge in [0.1, 0.15) is 5.60 Å². The SMILES string of the molecule is Cc1cc(NC(=O)c2ccc(C(=O)Nc3ccc(CNC(=O)OC(C)(C)C)cc3)cc2)ccc1Br. The van der Waals surface area contributed by atoms with Crippen LogP contribution in [0.2, 0.25) is 0 Å². The Morgan fingerprint density at radius 2 is 1.31 bits per heavy atom. The smallest absolute Gasteiger partial charge is 0.407 e. The number of rotatable bonds is 6. The summed E-state index contributed by atoms with van der Waals surface area (Å²) in [5.41, 5.74) is 3.51. The largest absolute Gasteiger partial charge is 0.444 e. The molecule has 3 amide bonds. The van der Waals surface area contributed by atoms with Gasteiger partial charge in [0.15, 0.2) is 0 Å². The Labute approximate surface area is 213 Å². The predicted molar refractivity (Wildman–Crippen MR) is 141 cm³/mol. The number of hydrogen-bond acceptors (Lipinski definition) is 4. The summed E-state index contributed by atoms with van der Waals surface area (Å²) in [6.07, 6.45) is -0.487. The Morgan fingerprint density at radius 1 is 0.800 bits per heavy atom. The third-order valence-corrected chi connectivity index (χ3v) is 5.76. The molecule has 3 aromatic rings. The number of carbonyl (C=O) groups is 3. The highest BCUT2D eigenvalue weighted by molar-refractivity contribution is 9.10. The van der Waals surface area contributed by atoms with E-state index < -0.39 is 11.7 Å². The highest BCUT2D eigenvalue weighted by atomic mass is 79.9. The van der Waals surface area contributed by atoms with E-state index in [-0.39, 0.29) is 11.8 Å². The first-order valence-corrected chi connectivity index (χ1v) is 11.8. The van der Waals surface area contributed by atoms with Gasteiger partial charge in [0.05, 0.1) is 0 Å². The van der Waals surface area contributed by atoms with E-state index in [0.29, 0.717) is 29.0 Å². The van der Waals surface area contributed by atoms with E-state index in [4.69, 9.17) is 4.74 Å². The molecule has 3 aromatic carbocycles. The van der Waals surface area contributed by atoms with Crippen LogP contribution in [0.5, 0.6) is 0 Å². The van der Waals surface area contributed by atoms with Gasteiger partial charge < -0.3 is 20.7 Å². The number of benzene rings is 3. The molecule has 0 aliphatic carbocycles. The minimum atomic E-state index is -0.557. The minimum Gasteiger partial charge on any atom is -0.444 e. The van der Waals surface area contributed by atoms with Crippen molar-refractivity contribution in [3.05, 3.63) is 93.5 Å². The van der Waals surface area contributed by atoms with Gasteiger partial charge in [-0.3, -0.25) is 9.59 Å². The predicted octanol–water partition coefficient (Wildman–Crippen LogP) is 6.29. The Morgan fingerprint density at radius 3 is 1.83 bits per heavy atom. The zero-order valence-corrected chi connectivity index (χ0v) is 21.7. The first-order chi connectivity index (χ1) is 16.5. The van der Waals surface area contributed by atoms with E-state index >= 15 is 0 Å². The fourth-order valence-electron chi connectivity index (χ4n) is 3.10. The Hall–Kier alpha value is -3.65. The molecule has 0 heterocycles. The minimum absolute atomic E-state index is 0.255. The number of alkyl carbamates (subject to hydrolysis) is 1. The molecule has 7 nitrogen and oxygen atoms in total. The summed E-state index contributed by atoms with van der Waals surface area (Å²) in [6.45, 7) is 7.67. The van der Waals surface area contributed by atoms with Gasteiger partial charge in [-0.1, -0.05) is 28.1 Å². The molecule has 3 N–H and O–H groups in total. The van der Waals surface area contributed by atoms with Crippen molar-refractivity contribution in [3.63, 3.8) is 0 Å². The Kier molecular flexibility index (Phi) is 8.30. The fourth-order valence-corrected chi connectivity index (χ4v) is 3.34. The van der Waals surface area contributed by atoms with Crippen molar-refractivity contribution >= 4 is 45.2 Å². The first-order valence-electron chi connectivity index (χ1n) is 11.0. The van der Waals surface area contributed by atoms with Crippen LogP contribution in [-0.4, -0.2) is 23.5 Å². The number of ether oxygens (including phenoxy) is 1. The average Bonchev–Trinajstić information content (AvgIpc) is 2.80. The Balaban J connectivity index is 1.53. The van der Waals surface area contributed by atoms with E-state index in [0.717, 1.165) is 15.6 Å². The van der Waals surface area contributed by atoms with Gasteiger partial charge in [-0.05, 0) is 93.4 Å². The second-order valence-electron chi connectivity index (χ2n) is 9.00. The van der Waals surface area contributed by atoms with Crippen molar-refractivity contribution in [1.82, 2.24) is 5.32 Å². The highest BCUT2D eigenvalue weighted by Crippen LogP contribution is 2.21. The molecule has 0 bridgehead atoms. The summed E-state index contributed by atoms with van der Waals surface area (Å²) in [7, 11) is 0. The van der Waals surface area contributed by atoms with E-state index in [1.165, 1.54) is 0 Å². The lowest BCUT2D eigenvalue weighted by Crippen LogP contribution is -2.32. The third kappa shape index (κ3) is 7.96. The zero-order valence-electron chi connectivity index (χ0n) is 20.1. The summed E-state index contributed by atoms with van der Waals surface area (Å²) in [6, 6.07) is 19.1. The second kappa shape index (κ2) is 11.2. The molecule has 8 heteroatoms. The van der Waals surface area contributed by atoms with Crippen molar-refractivity contribution in [1.29, 1.82) is 0 Å². The average molecular weight is 538 g/mol. The second-order valence-corrected chi connectivity index (χ2v) is 9.86. The molecule has 0 aromatic heterocycles. The van der Waals surface area contributed by atoms with Gasteiger partial charge in [-0.2, -0.15) is 0 Å². The summed E-state index contributed by atoms with van der Waals surface area (Å²) in [4.78, 5) is 36.9. The molecule has 0 unspecified atom stereocenters. The number of carbonyl (C=O) groups excluding carboxylic acids is 3. The molecule has 0 saturated heterocycles. The van der Waals surface area contributed by atoms with Crippen molar-refractivity contribution in [3.8, 4) is 0 Å². The number of nitrogens with one attached hydrogen (secondary N) is 3. The number of aryl methyl sites for hydroxylation is 1. The molecule has 0 fully saturated rings. The lowest BCUT2D eigenvalue weighted by molar-refractivity contribution is 0.0523. The summed E-state index contributed by atoms with van der Waals surface area (Å²) >= 11 is 3.44. The lowest BCUT2D eigenvalue weighted by Gasteiger charge is -2.19. The molecule has 0 spiro atoms. The maximum atomic E-state index is 12.6. The van der Waals surface area contributed by atoms with E-state index in [1.54, 1.807) is 57.2 Å². The molecule has 3 rings (SSSR count). The van der Waals surface area contributed by atoms with Crippen LogP contribution in [0.4, 0.5) is 16.2 Å². The van der Waals surface area contributed by atoms with Crippen molar-refractivity contribution < 1.29 is 19.1 Å². The van der Waals surface area contributed by atoms with Crippen LogP contribution in [-0.2, 0) is 11.3 Å². The monoisotopic (exact) mass is 537 g/mol. The molecule has 35 heavy (non-hydrogen) atoms. The Bertz CT molecular complexity index is 1220. The van der Waals surface area contributed by atoms with E-state index in [1.807, 2.05) is 37.3 Å². The third-order valence-electron chi connectivity index (χ3n) is 4.87. The fraction of sp³-hybridized carbons (Fsp3) is 0.222. The molecule has 0 atom stereocenters. The van der Waals surface area contributed by atoms with Crippen LogP contribution in [0.1, 0.15) is 52.6 Å². The van der Waals surface area contributed by atoms with Gasteiger partial charge >= 0.3 is 6.09 Å². The maximum absolute atomic E-state index is 12.6. The van der Waals surface area contributed by atoms with Gasteiger partial charge in [0, 0.05) is 33.5 Å². The highest BCUT2D eigenvalue weighted by Gasteiger charge is 2.15. The quantitative estimate of drug-likeness (QED) is 0.344. The van der Waals surface area contributed by atoms with Crippen LogP contribution in [0, 0.1) is 6.92 Å². The van der Waals surface area contributed by atoms with Gasteiger partial charge in [-0.15, -0.1) is 0 Å². The van der Waals surface area contributed by atoms with Gasteiger partial charge in [0.25, 0.3) is 11.8 Å².